The highest BCUT2D eigenvalue weighted by Gasteiger charge is 2.21. The molecular weight excluding hydrogens is 332 g/mol. The summed E-state index contributed by atoms with van der Waals surface area (Å²) >= 11 is 0. The van der Waals surface area contributed by atoms with Crippen LogP contribution in [0.1, 0.15) is 32.6 Å². The van der Waals surface area contributed by atoms with Gasteiger partial charge in [-0.15, -0.1) is 0 Å². The summed E-state index contributed by atoms with van der Waals surface area (Å²) in [7, 11) is -18.0. The molecule has 15 heteroatoms. The fraction of sp³-hybridized carbons (Fsp3) is 1.00. The molecule has 1 fully saturated rings. The summed E-state index contributed by atoms with van der Waals surface area (Å²) in [6.45, 7) is 2.34. The van der Waals surface area contributed by atoms with Crippen LogP contribution >= 0.6 is 0 Å². The highest BCUT2D eigenvalue weighted by molar-refractivity contribution is 6.50. The summed E-state index contributed by atoms with van der Waals surface area (Å²) < 4.78 is 117. The maximum Gasteiger partial charge on any atom is 0.673 e. The Labute approximate surface area is 113 Å². The third-order valence-corrected chi connectivity index (χ3v) is 1.64. The monoisotopic (exact) mass is 345 g/mol. The van der Waals surface area contributed by atoms with Crippen molar-refractivity contribution in [3.8, 4) is 0 Å². The van der Waals surface area contributed by atoms with Crippen molar-refractivity contribution in [2.45, 2.75) is 32.6 Å². The molecule has 1 saturated carbocycles. The molecule has 132 valence electrons. The summed E-state index contributed by atoms with van der Waals surface area (Å²) in [5.74, 6) is 1.05. The molecule has 0 bridgehead atoms. The van der Waals surface area contributed by atoms with Crippen molar-refractivity contribution >= 4 is 21.8 Å². The van der Waals surface area contributed by atoms with Crippen molar-refractivity contribution in [2.75, 3.05) is 0 Å². The highest BCUT2D eigenvalue weighted by atomic mass is 19.5. The standard InChI is InChI=1S/C6H12.3BF4/c1-6-4-2-3-5-6;3*2-1(3,4)5/h6H,2-5H2,1H3;;;/q;3*-1. The first-order valence-electron chi connectivity index (χ1n) is 5.51. The van der Waals surface area contributed by atoms with E-state index in [4.69, 9.17) is 0 Å². The molecule has 0 aromatic rings. The first kappa shape index (κ1) is 25.3. The van der Waals surface area contributed by atoms with Crippen LogP contribution in [0.15, 0.2) is 0 Å². The quantitative estimate of drug-likeness (QED) is 0.368. The lowest BCUT2D eigenvalue weighted by molar-refractivity contribution is 0.366. The molecule has 0 radical (unpaired) electrons. The normalized spacial score (nSPS) is 15.9. The SMILES string of the molecule is CC1CCCC1.F[B-](F)(F)F.F[B-](F)(F)F.F[B-](F)(F)F. The summed E-state index contributed by atoms with van der Waals surface area (Å²) in [4.78, 5) is 0. The first-order chi connectivity index (χ1) is 8.89. The van der Waals surface area contributed by atoms with Crippen molar-refractivity contribution in [2.24, 2.45) is 5.92 Å². The summed E-state index contributed by atoms with van der Waals surface area (Å²) in [5.41, 5.74) is 0. The second kappa shape index (κ2) is 11.0. The molecule has 0 aromatic heterocycles. The van der Waals surface area contributed by atoms with Gasteiger partial charge in [0.05, 0.1) is 0 Å². The van der Waals surface area contributed by atoms with Crippen LogP contribution in [-0.2, 0) is 0 Å². The van der Waals surface area contributed by atoms with Gasteiger partial charge in [-0.25, -0.2) is 0 Å². The highest BCUT2D eigenvalue weighted by Crippen LogP contribution is 2.22. The van der Waals surface area contributed by atoms with Gasteiger partial charge < -0.3 is 51.8 Å². The van der Waals surface area contributed by atoms with E-state index in [2.05, 4.69) is 6.92 Å². The van der Waals surface area contributed by atoms with Gasteiger partial charge in [0.1, 0.15) is 0 Å². The Morgan fingerprint density at radius 3 is 0.714 bits per heavy atom. The average molecular weight is 345 g/mol. The van der Waals surface area contributed by atoms with Gasteiger partial charge in [0.2, 0.25) is 0 Å². The van der Waals surface area contributed by atoms with Crippen LogP contribution in [0.25, 0.3) is 0 Å². The van der Waals surface area contributed by atoms with Crippen molar-refractivity contribution in [1.29, 1.82) is 0 Å². The van der Waals surface area contributed by atoms with E-state index in [1.54, 1.807) is 0 Å². The van der Waals surface area contributed by atoms with Gasteiger partial charge in [0.25, 0.3) is 0 Å². The van der Waals surface area contributed by atoms with Crippen LogP contribution in [0, 0.1) is 5.92 Å². The van der Waals surface area contributed by atoms with E-state index in [0.717, 1.165) is 5.92 Å². The number of hydrogen-bond donors (Lipinski definition) is 0. The van der Waals surface area contributed by atoms with Crippen LogP contribution in [0.4, 0.5) is 51.8 Å². The maximum atomic E-state index is 9.75. The molecule has 0 aromatic carbocycles. The zero-order valence-corrected chi connectivity index (χ0v) is 10.7. The van der Waals surface area contributed by atoms with Gasteiger partial charge in [0, 0.05) is 0 Å². The van der Waals surface area contributed by atoms with Gasteiger partial charge in [0.15, 0.2) is 0 Å². The van der Waals surface area contributed by atoms with Crippen molar-refractivity contribution in [3.05, 3.63) is 0 Å². The molecular formula is C6H12B3F12-3. The van der Waals surface area contributed by atoms with Crippen molar-refractivity contribution < 1.29 is 51.8 Å². The minimum absolute atomic E-state index is 1.05. The van der Waals surface area contributed by atoms with Crippen LogP contribution in [0.5, 0.6) is 0 Å². The third kappa shape index (κ3) is 144. The second-order valence-corrected chi connectivity index (χ2v) is 3.87. The smallest absolute Gasteiger partial charge is 0.418 e. The fourth-order valence-electron chi connectivity index (χ4n) is 1.13. The van der Waals surface area contributed by atoms with E-state index >= 15 is 0 Å². The predicted molar refractivity (Wildman–Crippen MR) is 58.2 cm³/mol. The van der Waals surface area contributed by atoms with Crippen LogP contribution in [-0.4, -0.2) is 21.8 Å². The van der Waals surface area contributed by atoms with E-state index in [1.165, 1.54) is 25.7 Å². The Balaban J connectivity index is -0.000000207. The lowest BCUT2D eigenvalue weighted by Gasteiger charge is -1.94. The molecule has 0 unspecified atom stereocenters. The van der Waals surface area contributed by atoms with Gasteiger partial charge in [-0.05, 0) is 5.92 Å². The largest absolute Gasteiger partial charge is 0.673 e. The van der Waals surface area contributed by atoms with Crippen molar-refractivity contribution in [3.63, 3.8) is 0 Å². The molecule has 0 saturated heterocycles. The van der Waals surface area contributed by atoms with Gasteiger partial charge >= 0.3 is 21.8 Å². The van der Waals surface area contributed by atoms with E-state index in [1.807, 2.05) is 0 Å². The minimum atomic E-state index is -6.00. The topological polar surface area (TPSA) is 0 Å². The van der Waals surface area contributed by atoms with Gasteiger partial charge in [-0.2, -0.15) is 0 Å². The Morgan fingerprint density at radius 2 is 0.667 bits per heavy atom. The third-order valence-electron chi connectivity index (χ3n) is 1.64. The summed E-state index contributed by atoms with van der Waals surface area (Å²) in [6, 6.07) is 0. The van der Waals surface area contributed by atoms with Crippen molar-refractivity contribution in [1.82, 2.24) is 0 Å². The van der Waals surface area contributed by atoms with E-state index in [9.17, 15) is 51.8 Å². The Morgan fingerprint density at radius 1 is 0.524 bits per heavy atom. The molecule has 0 N–H and O–H groups in total. The lowest BCUT2D eigenvalue weighted by atomic mass is 10.2. The molecule has 0 atom stereocenters. The van der Waals surface area contributed by atoms with Gasteiger partial charge in [-0.3, -0.25) is 0 Å². The van der Waals surface area contributed by atoms with Crippen LogP contribution in [0.3, 0.4) is 0 Å². The van der Waals surface area contributed by atoms with E-state index in [0.29, 0.717) is 0 Å². The van der Waals surface area contributed by atoms with E-state index in [-0.39, 0.29) is 0 Å². The van der Waals surface area contributed by atoms with Crippen LogP contribution < -0.4 is 0 Å². The summed E-state index contributed by atoms with van der Waals surface area (Å²) in [5, 5.41) is 0. The average Bonchev–Trinajstić information content (AvgIpc) is 2.44. The molecule has 21 heavy (non-hydrogen) atoms. The predicted octanol–water partition coefficient (Wildman–Crippen LogP) is 6.10. The Bertz CT molecular complexity index is 180. The van der Waals surface area contributed by atoms with Gasteiger partial charge in [-0.1, -0.05) is 32.6 Å². The molecule has 0 aliphatic heterocycles. The molecule has 0 amide bonds. The molecule has 1 aliphatic rings. The van der Waals surface area contributed by atoms with Crippen LogP contribution in [0.2, 0.25) is 0 Å². The zero-order valence-electron chi connectivity index (χ0n) is 10.7. The Hall–Kier alpha value is -0.645. The number of rotatable bonds is 0. The zero-order chi connectivity index (χ0) is 17.9. The van der Waals surface area contributed by atoms with E-state index < -0.39 is 21.8 Å². The molecule has 0 spiro atoms. The molecule has 0 heterocycles. The maximum absolute atomic E-state index is 9.75. The number of halogens is 12. The second-order valence-electron chi connectivity index (χ2n) is 3.87. The molecule has 1 rings (SSSR count). The Kier molecular flexibility index (Phi) is 13.3. The number of hydrogen-bond acceptors (Lipinski definition) is 0. The lowest BCUT2D eigenvalue weighted by Crippen LogP contribution is -2.02. The molecule has 1 aliphatic carbocycles. The molecule has 0 nitrogen and oxygen atoms in total. The summed E-state index contributed by atoms with van der Waals surface area (Å²) in [6.07, 6.45) is 5.95. The fourth-order valence-corrected chi connectivity index (χ4v) is 1.13. The first-order valence-corrected chi connectivity index (χ1v) is 5.51. The minimum Gasteiger partial charge on any atom is -0.418 e.